The van der Waals surface area contributed by atoms with Crippen LogP contribution in [0.2, 0.25) is 0 Å². The Balaban J connectivity index is 2.75. The third-order valence-corrected chi connectivity index (χ3v) is 2.56. The SMILES string of the molecule is COc1ccc(OC)c(CCN(C)CN)c1. The first-order valence-electron chi connectivity index (χ1n) is 5.30. The van der Waals surface area contributed by atoms with Gasteiger partial charge in [0.25, 0.3) is 0 Å². The Bertz CT molecular complexity index is 329. The summed E-state index contributed by atoms with van der Waals surface area (Å²) in [6.07, 6.45) is 0.897. The molecule has 16 heavy (non-hydrogen) atoms. The van der Waals surface area contributed by atoms with Crippen molar-refractivity contribution in [3.05, 3.63) is 23.8 Å². The van der Waals surface area contributed by atoms with Crippen LogP contribution in [-0.2, 0) is 6.42 Å². The summed E-state index contributed by atoms with van der Waals surface area (Å²) in [5.74, 6) is 1.75. The van der Waals surface area contributed by atoms with Crippen molar-refractivity contribution >= 4 is 0 Å². The molecular formula is C12H20N2O2. The van der Waals surface area contributed by atoms with E-state index in [1.165, 1.54) is 0 Å². The number of nitrogens with two attached hydrogens (primary N) is 1. The number of rotatable bonds is 6. The van der Waals surface area contributed by atoms with Crippen molar-refractivity contribution in [3.8, 4) is 11.5 Å². The fourth-order valence-electron chi connectivity index (χ4n) is 1.48. The molecule has 0 bridgehead atoms. The molecule has 1 aromatic rings. The smallest absolute Gasteiger partial charge is 0.122 e. The van der Waals surface area contributed by atoms with Crippen LogP contribution in [0.1, 0.15) is 5.56 Å². The van der Waals surface area contributed by atoms with Crippen LogP contribution in [0.3, 0.4) is 0 Å². The fraction of sp³-hybridized carbons (Fsp3) is 0.500. The number of hydrogen-bond acceptors (Lipinski definition) is 4. The maximum absolute atomic E-state index is 5.53. The highest BCUT2D eigenvalue weighted by Crippen LogP contribution is 2.24. The largest absolute Gasteiger partial charge is 0.497 e. The van der Waals surface area contributed by atoms with E-state index in [0.29, 0.717) is 6.67 Å². The molecule has 2 N–H and O–H groups in total. The Morgan fingerprint density at radius 2 is 2.00 bits per heavy atom. The van der Waals surface area contributed by atoms with Crippen LogP contribution >= 0.6 is 0 Å². The predicted molar refractivity (Wildman–Crippen MR) is 64.9 cm³/mol. The molecule has 0 fully saturated rings. The van der Waals surface area contributed by atoms with Crippen LogP contribution in [-0.4, -0.2) is 39.4 Å². The van der Waals surface area contributed by atoms with E-state index in [4.69, 9.17) is 15.2 Å². The molecule has 0 aromatic heterocycles. The van der Waals surface area contributed by atoms with Crippen molar-refractivity contribution in [1.82, 2.24) is 4.90 Å². The summed E-state index contributed by atoms with van der Waals surface area (Å²) in [6, 6.07) is 5.83. The van der Waals surface area contributed by atoms with Crippen LogP contribution in [0, 0.1) is 0 Å². The summed E-state index contributed by atoms with van der Waals surface area (Å²) in [5, 5.41) is 0. The first-order chi connectivity index (χ1) is 7.71. The molecule has 0 aliphatic heterocycles. The molecule has 0 atom stereocenters. The molecular weight excluding hydrogens is 204 g/mol. The normalized spacial score (nSPS) is 10.6. The van der Waals surface area contributed by atoms with E-state index in [9.17, 15) is 0 Å². The molecule has 90 valence electrons. The van der Waals surface area contributed by atoms with Gasteiger partial charge in [0, 0.05) is 13.2 Å². The third-order valence-electron chi connectivity index (χ3n) is 2.56. The molecule has 0 saturated carbocycles. The van der Waals surface area contributed by atoms with E-state index >= 15 is 0 Å². The van der Waals surface area contributed by atoms with E-state index in [1.807, 2.05) is 25.2 Å². The number of methoxy groups -OCH3 is 2. The van der Waals surface area contributed by atoms with Crippen molar-refractivity contribution in [2.75, 3.05) is 34.5 Å². The van der Waals surface area contributed by atoms with Gasteiger partial charge in [-0.25, -0.2) is 0 Å². The van der Waals surface area contributed by atoms with Crippen LogP contribution in [0.25, 0.3) is 0 Å². The minimum absolute atomic E-state index is 0.562. The number of likely N-dealkylation sites (N-methyl/N-ethyl adjacent to an activating group) is 1. The summed E-state index contributed by atoms with van der Waals surface area (Å²) >= 11 is 0. The van der Waals surface area contributed by atoms with E-state index in [2.05, 4.69) is 4.90 Å². The van der Waals surface area contributed by atoms with Gasteiger partial charge in [0.05, 0.1) is 14.2 Å². The number of hydrogen-bond donors (Lipinski definition) is 1. The topological polar surface area (TPSA) is 47.7 Å². The van der Waals surface area contributed by atoms with Gasteiger partial charge in [0.15, 0.2) is 0 Å². The Hall–Kier alpha value is -1.26. The second kappa shape index (κ2) is 6.35. The molecule has 0 heterocycles. The molecule has 1 rings (SSSR count). The monoisotopic (exact) mass is 224 g/mol. The van der Waals surface area contributed by atoms with Crippen molar-refractivity contribution in [1.29, 1.82) is 0 Å². The lowest BCUT2D eigenvalue weighted by atomic mass is 10.1. The van der Waals surface area contributed by atoms with Crippen LogP contribution < -0.4 is 15.2 Å². The molecule has 4 nitrogen and oxygen atoms in total. The Labute approximate surface area is 96.9 Å². The Morgan fingerprint density at radius 3 is 2.56 bits per heavy atom. The molecule has 4 heteroatoms. The number of benzene rings is 1. The summed E-state index contributed by atoms with van der Waals surface area (Å²) in [5.41, 5.74) is 6.67. The molecule has 0 amide bonds. The van der Waals surface area contributed by atoms with Gasteiger partial charge >= 0.3 is 0 Å². The van der Waals surface area contributed by atoms with Crippen LogP contribution in [0.4, 0.5) is 0 Å². The highest BCUT2D eigenvalue weighted by Gasteiger charge is 2.05. The van der Waals surface area contributed by atoms with E-state index in [-0.39, 0.29) is 0 Å². The van der Waals surface area contributed by atoms with Crippen LogP contribution in [0.15, 0.2) is 18.2 Å². The van der Waals surface area contributed by atoms with Crippen molar-refractivity contribution in [2.45, 2.75) is 6.42 Å². The van der Waals surface area contributed by atoms with Crippen molar-refractivity contribution in [3.63, 3.8) is 0 Å². The average molecular weight is 224 g/mol. The van der Waals surface area contributed by atoms with Gasteiger partial charge in [0.1, 0.15) is 11.5 Å². The summed E-state index contributed by atoms with van der Waals surface area (Å²) in [4.78, 5) is 2.05. The molecule has 0 unspecified atom stereocenters. The third kappa shape index (κ3) is 3.40. The maximum Gasteiger partial charge on any atom is 0.122 e. The molecule has 0 aliphatic rings. The van der Waals surface area contributed by atoms with E-state index in [0.717, 1.165) is 30.0 Å². The fourth-order valence-corrected chi connectivity index (χ4v) is 1.48. The van der Waals surface area contributed by atoms with E-state index < -0.39 is 0 Å². The van der Waals surface area contributed by atoms with Gasteiger partial charge in [-0.15, -0.1) is 0 Å². The summed E-state index contributed by atoms with van der Waals surface area (Å²) < 4.78 is 10.5. The minimum Gasteiger partial charge on any atom is -0.497 e. The van der Waals surface area contributed by atoms with Gasteiger partial charge in [0.2, 0.25) is 0 Å². The molecule has 1 aromatic carbocycles. The molecule has 0 spiro atoms. The number of nitrogens with zero attached hydrogens (tertiary/aromatic N) is 1. The lowest BCUT2D eigenvalue weighted by molar-refractivity contribution is 0.344. The standard InChI is InChI=1S/C12H20N2O2/c1-14(9-13)7-6-10-8-11(15-2)4-5-12(10)16-3/h4-5,8H,6-7,9,13H2,1-3H3. The second-order valence-corrected chi connectivity index (χ2v) is 3.69. The zero-order valence-corrected chi connectivity index (χ0v) is 10.2. The second-order valence-electron chi connectivity index (χ2n) is 3.69. The highest BCUT2D eigenvalue weighted by molar-refractivity contribution is 5.40. The molecule has 0 aliphatic carbocycles. The van der Waals surface area contributed by atoms with Gasteiger partial charge in [-0.1, -0.05) is 0 Å². The average Bonchev–Trinajstić information content (AvgIpc) is 2.35. The van der Waals surface area contributed by atoms with E-state index in [1.54, 1.807) is 14.2 Å². The molecule has 0 saturated heterocycles. The predicted octanol–water partition coefficient (Wildman–Crippen LogP) is 1.09. The van der Waals surface area contributed by atoms with Gasteiger partial charge in [-0.05, 0) is 37.2 Å². The highest BCUT2D eigenvalue weighted by atomic mass is 16.5. The first-order valence-corrected chi connectivity index (χ1v) is 5.30. The maximum atomic E-state index is 5.53. The Kier molecular flexibility index (Phi) is 5.08. The van der Waals surface area contributed by atoms with Gasteiger partial charge < -0.3 is 15.2 Å². The molecule has 0 radical (unpaired) electrons. The number of ether oxygens (including phenoxy) is 2. The summed E-state index contributed by atoms with van der Waals surface area (Å²) in [7, 11) is 5.34. The minimum atomic E-state index is 0.562. The van der Waals surface area contributed by atoms with Crippen molar-refractivity contribution in [2.24, 2.45) is 5.73 Å². The van der Waals surface area contributed by atoms with Crippen molar-refractivity contribution < 1.29 is 9.47 Å². The zero-order valence-electron chi connectivity index (χ0n) is 10.2. The van der Waals surface area contributed by atoms with Gasteiger partial charge in [-0.2, -0.15) is 0 Å². The lowest BCUT2D eigenvalue weighted by Gasteiger charge is -2.15. The zero-order chi connectivity index (χ0) is 12.0. The lowest BCUT2D eigenvalue weighted by Crippen LogP contribution is -2.27. The first kappa shape index (κ1) is 12.8. The van der Waals surface area contributed by atoms with Gasteiger partial charge in [-0.3, -0.25) is 4.90 Å². The Morgan fingerprint density at radius 1 is 1.25 bits per heavy atom. The summed E-state index contributed by atoms with van der Waals surface area (Å²) in [6.45, 7) is 1.46. The van der Waals surface area contributed by atoms with Crippen LogP contribution in [0.5, 0.6) is 11.5 Å². The quantitative estimate of drug-likeness (QED) is 0.735.